The first-order chi connectivity index (χ1) is 8.17. The van der Waals surface area contributed by atoms with Crippen LogP contribution in [0.2, 0.25) is 0 Å². The van der Waals surface area contributed by atoms with Crippen molar-refractivity contribution < 1.29 is 9.59 Å². The van der Waals surface area contributed by atoms with Crippen molar-refractivity contribution in [2.24, 2.45) is 0 Å². The molecule has 5 heteroatoms. The number of nitrogens with zero attached hydrogens (tertiary/aromatic N) is 1. The molecule has 0 fully saturated rings. The summed E-state index contributed by atoms with van der Waals surface area (Å²) < 4.78 is 0. The summed E-state index contributed by atoms with van der Waals surface area (Å²) in [5.74, 6) is -0.0112. The van der Waals surface area contributed by atoms with Crippen LogP contribution in [0.15, 0.2) is 23.1 Å². The van der Waals surface area contributed by atoms with Gasteiger partial charge in [0.1, 0.15) is 6.29 Å². The highest BCUT2D eigenvalue weighted by atomic mass is 32.2. The number of carbonyl (C=O) groups excluding carboxylic acids is 2. The monoisotopic (exact) mass is 250 g/mol. The minimum Gasteiger partial charge on any atom is -0.388 e. The number of rotatable bonds is 3. The first-order valence-electron chi connectivity index (χ1n) is 5.41. The average Bonchev–Trinajstić information content (AvgIpc) is 2.34. The maximum Gasteiger partial charge on any atom is 0.240 e. The highest BCUT2D eigenvalue weighted by molar-refractivity contribution is 8.01. The molecule has 4 nitrogen and oxygen atoms in total. The van der Waals surface area contributed by atoms with Gasteiger partial charge in [0.05, 0.1) is 17.5 Å². The number of anilines is 2. The van der Waals surface area contributed by atoms with Gasteiger partial charge in [-0.1, -0.05) is 0 Å². The van der Waals surface area contributed by atoms with Gasteiger partial charge in [0.25, 0.3) is 0 Å². The molecule has 0 bridgehead atoms. The zero-order valence-electron chi connectivity index (χ0n) is 9.77. The molecule has 1 atom stereocenters. The molecular formula is C12H14N2O2S. The highest BCUT2D eigenvalue weighted by Gasteiger charge is 2.30. The van der Waals surface area contributed by atoms with Crippen LogP contribution >= 0.6 is 11.8 Å². The average molecular weight is 250 g/mol. The van der Waals surface area contributed by atoms with Crippen molar-refractivity contribution in [2.75, 3.05) is 23.8 Å². The normalized spacial score (nSPS) is 18.8. The molecule has 1 aromatic rings. The van der Waals surface area contributed by atoms with E-state index in [1.54, 1.807) is 4.90 Å². The minimum absolute atomic E-state index is 0.0112. The SMILES string of the molecule is CNc1ccc2c(c1)N(CC=O)C(=O)C(C)S2. The zero-order chi connectivity index (χ0) is 12.4. The van der Waals surface area contributed by atoms with Crippen molar-refractivity contribution in [3.05, 3.63) is 18.2 Å². The van der Waals surface area contributed by atoms with E-state index in [9.17, 15) is 9.59 Å². The Bertz CT molecular complexity index is 462. The largest absolute Gasteiger partial charge is 0.388 e. The number of nitrogens with one attached hydrogen (secondary N) is 1. The highest BCUT2D eigenvalue weighted by Crippen LogP contribution is 2.40. The van der Waals surface area contributed by atoms with Gasteiger partial charge in [0, 0.05) is 17.6 Å². The molecule has 1 heterocycles. The van der Waals surface area contributed by atoms with Crippen LogP contribution in [0.4, 0.5) is 11.4 Å². The van der Waals surface area contributed by atoms with E-state index in [0.717, 1.165) is 22.6 Å². The first kappa shape index (κ1) is 12.0. The van der Waals surface area contributed by atoms with Gasteiger partial charge in [-0.05, 0) is 25.1 Å². The summed E-state index contributed by atoms with van der Waals surface area (Å²) in [5, 5.41) is 2.89. The Labute approximate surface area is 104 Å². The van der Waals surface area contributed by atoms with Crippen molar-refractivity contribution in [1.82, 2.24) is 0 Å². The second-order valence-electron chi connectivity index (χ2n) is 3.81. The second kappa shape index (κ2) is 4.79. The van der Waals surface area contributed by atoms with E-state index < -0.39 is 0 Å². The molecule has 0 radical (unpaired) electrons. The third-order valence-corrected chi connectivity index (χ3v) is 3.87. The van der Waals surface area contributed by atoms with Crippen molar-refractivity contribution in [3.63, 3.8) is 0 Å². The molecule has 1 N–H and O–H groups in total. The first-order valence-corrected chi connectivity index (χ1v) is 6.29. The Morgan fingerprint density at radius 2 is 2.29 bits per heavy atom. The molecular weight excluding hydrogens is 236 g/mol. The Hall–Kier alpha value is -1.49. The van der Waals surface area contributed by atoms with Crippen molar-refractivity contribution in [2.45, 2.75) is 17.1 Å². The lowest BCUT2D eigenvalue weighted by molar-refractivity contribution is -0.119. The van der Waals surface area contributed by atoms with E-state index >= 15 is 0 Å². The third kappa shape index (κ3) is 2.15. The van der Waals surface area contributed by atoms with E-state index in [0.29, 0.717) is 0 Å². The predicted molar refractivity (Wildman–Crippen MR) is 69.7 cm³/mol. The van der Waals surface area contributed by atoms with E-state index in [1.165, 1.54) is 11.8 Å². The number of aldehydes is 1. The second-order valence-corrected chi connectivity index (χ2v) is 5.19. The summed E-state index contributed by atoms with van der Waals surface area (Å²) in [4.78, 5) is 25.3. The van der Waals surface area contributed by atoms with E-state index in [-0.39, 0.29) is 17.7 Å². The quantitative estimate of drug-likeness (QED) is 0.830. The molecule has 1 unspecified atom stereocenters. The van der Waals surface area contributed by atoms with Crippen molar-refractivity contribution in [3.8, 4) is 0 Å². The lowest BCUT2D eigenvalue weighted by Gasteiger charge is -2.31. The fourth-order valence-electron chi connectivity index (χ4n) is 1.83. The Balaban J connectivity index is 2.47. The molecule has 1 aliphatic heterocycles. The molecule has 0 saturated carbocycles. The van der Waals surface area contributed by atoms with Gasteiger partial charge in [0.15, 0.2) is 0 Å². The maximum atomic E-state index is 12.0. The molecule has 17 heavy (non-hydrogen) atoms. The number of fused-ring (bicyclic) bond motifs is 1. The summed E-state index contributed by atoms with van der Waals surface area (Å²) in [7, 11) is 1.83. The van der Waals surface area contributed by atoms with Gasteiger partial charge >= 0.3 is 0 Å². The Morgan fingerprint density at radius 1 is 1.53 bits per heavy atom. The predicted octanol–water partition coefficient (Wildman–Crippen LogP) is 1.75. The molecule has 0 spiro atoms. The van der Waals surface area contributed by atoms with Crippen LogP contribution in [0.1, 0.15) is 6.92 Å². The van der Waals surface area contributed by atoms with Gasteiger partial charge < -0.3 is 15.0 Å². The topological polar surface area (TPSA) is 49.4 Å². The Kier molecular flexibility index (Phi) is 3.38. The molecule has 1 aliphatic rings. The summed E-state index contributed by atoms with van der Waals surface area (Å²) in [6.45, 7) is 1.98. The maximum absolute atomic E-state index is 12.0. The van der Waals surface area contributed by atoms with Crippen molar-refractivity contribution >= 4 is 35.3 Å². The molecule has 1 aromatic carbocycles. The van der Waals surface area contributed by atoms with Crippen LogP contribution in [0.25, 0.3) is 0 Å². The van der Waals surface area contributed by atoms with Crippen LogP contribution in [-0.2, 0) is 9.59 Å². The molecule has 0 saturated heterocycles. The molecule has 1 amide bonds. The summed E-state index contributed by atoms with van der Waals surface area (Å²) in [5.41, 5.74) is 1.75. The number of carbonyl (C=O) groups is 2. The van der Waals surface area contributed by atoms with Gasteiger partial charge in [-0.2, -0.15) is 0 Å². The number of amides is 1. The van der Waals surface area contributed by atoms with Gasteiger partial charge in [0.2, 0.25) is 5.91 Å². The number of benzene rings is 1. The summed E-state index contributed by atoms with van der Waals surface area (Å²) >= 11 is 1.53. The lowest BCUT2D eigenvalue weighted by Crippen LogP contribution is -2.40. The van der Waals surface area contributed by atoms with E-state index in [1.807, 2.05) is 32.2 Å². The van der Waals surface area contributed by atoms with Crippen molar-refractivity contribution in [1.29, 1.82) is 0 Å². The van der Waals surface area contributed by atoms with Gasteiger partial charge in [-0.3, -0.25) is 4.79 Å². The van der Waals surface area contributed by atoms with Crippen LogP contribution in [0.3, 0.4) is 0 Å². The molecule has 0 aromatic heterocycles. The summed E-state index contributed by atoms with van der Waals surface area (Å²) in [6, 6.07) is 5.84. The number of thioether (sulfide) groups is 1. The van der Waals surface area contributed by atoms with Gasteiger partial charge in [-0.25, -0.2) is 0 Å². The summed E-state index contributed by atoms with van der Waals surface area (Å²) in [6.07, 6.45) is 0.760. The van der Waals surface area contributed by atoms with E-state index in [2.05, 4.69) is 5.32 Å². The molecule has 2 rings (SSSR count). The molecule has 0 aliphatic carbocycles. The lowest BCUT2D eigenvalue weighted by atomic mass is 10.2. The standard InChI is InChI=1S/C12H14N2O2S/c1-8-12(16)14(5-6-15)10-7-9(13-2)3-4-11(10)17-8/h3-4,6-8,13H,5H2,1-2H3. The van der Waals surface area contributed by atoms with Crippen LogP contribution in [-0.4, -0.2) is 31.0 Å². The number of hydrogen-bond acceptors (Lipinski definition) is 4. The third-order valence-electron chi connectivity index (χ3n) is 2.71. The zero-order valence-corrected chi connectivity index (χ0v) is 10.6. The molecule has 90 valence electrons. The van der Waals surface area contributed by atoms with Gasteiger partial charge in [-0.15, -0.1) is 11.8 Å². The fraction of sp³-hybridized carbons (Fsp3) is 0.333. The smallest absolute Gasteiger partial charge is 0.240 e. The fourth-order valence-corrected chi connectivity index (χ4v) is 2.87. The van der Waals surface area contributed by atoms with Crippen LogP contribution < -0.4 is 10.2 Å². The van der Waals surface area contributed by atoms with Crippen LogP contribution in [0, 0.1) is 0 Å². The minimum atomic E-state index is -0.136. The van der Waals surface area contributed by atoms with Crippen LogP contribution in [0.5, 0.6) is 0 Å². The van der Waals surface area contributed by atoms with E-state index in [4.69, 9.17) is 0 Å². The number of hydrogen-bond donors (Lipinski definition) is 1. The Morgan fingerprint density at radius 3 is 2.94 bits per heavy atom.